The molecule has 0 aliphatic rings. The molecule has 20 heavy (non-hydrogen) atoms. The first-order chi connectivity index (χ1) is 9.47. The second kappa shape index (κ2) is 7.52. The number of carboxylic acid groups (broad SMARTS) is 1. The average Bonchev–Trinajstić information content (AvgIpc) is 2.89. The third kappa shape index (κ3) is 4.56. The molecule has 1 aromatic heterocycles. The maximum absolute atomic E-state index is 11.8. The van der Waals surface area contributed by atoms with Gasteiger partial charge in [-0.15, -0.1) is 0 Å². The van der Waals surface area contributed by atoms with Crippen molar-refractivity contribution in [2.24, 2.45) is 5.92 Å². The molecule has 1 amide bonds. The molecule has 2 N–H and O–H groups in total. The van der Waals surface area contributed by atoms with E-state index in [0.29, 0.717) is 24.5 Å². The largest absolute Gasteiger partial charge is 0.480 e. The summed E-state index contributed by atoms with van der Waals surface area (Å²) in [5, 5.41) is 15.2. The van der Waals surface area contributed by atoms with Gasteiger partial charge in [-0.1, -0.05) is 20.3 Å². The number of ether oxygens (including phenoxy) is 1. The first kappa shape index (κ1) is 16.0. The van der Waals surface area contributed by atoms with Gasteiger partial charge < -0.3 is 19.7 Å². The molecule has 0 fully saturated rings. The summed E-state index contributed by atoms with van der Waals surface area (Å²) in [4.78, 5) is 22.9. The Bertz CT molecular complexity index is 457. The van der Waals surface area contributed by atoms with E-state index >= 15 is 0 Å². The zero-order valence-corrected chi connectivity index (χ0v) is 11.9. The highest BCUT2D eigenvalue weighted by atomic mass is 16.5. The Morgan fingerprint density at radius 3 is 2.75 bits per heavy atom. The van der Waals surface area contributed by atoms with E-state index in [-0.39, 0.29) is 18.2 Å². The monoisotopic (exact) mass is 284 g/mol. The van der Waals surface area contributed by atoms with Crippen molar-refractivity contribution in [3.63, 3.8) is 0 Å². The van der Waals surface area contributed by atoms with Crippen LogP contribution in [0, 0.1) is 5.92 Å². The fraction of sp³-hybridized carbons (Fsp3) is 0.615. The quantitative estimate of drug-likeness (QED) is 0.744. The minimum Gasteiger partial charge on any atom is -0.480 e. The predicted molar refractivity (Wildman–Crippen MR) is 70.4 cm³/mol. The van der Waals surface area contributed by atoms with Crippen molar-refractivity contribution in [1.29, 1.82) is 0 Å². The number of rotatable bonds is 8. The third-order valence-electron chi connectivity index (χ3n) is 3.14. The number of hydrogen-bond acceptors (Lipinski definition) is 5. The second-order valence-electron chi connectivity index (χ2n) is 4.60. The lowest BCUT2D eigenvalue weighted by Gasteiger charge is -2.19. The Kier molecular flexibility index (Phi) is 6.02. The minimum atomic E-state index is -1.02. The van der Waals surface area contributed by atoms with E-state index in [2.05, 4.69) is 10.5 Å². The van der Waals surface area contributed by atoms with E-state index in [4.69, 9.17) is 14.4 Å². The van der Waals surface area contributed by atoms with Gasteiger partial charge in [0.1, 0.15) is 11.8 Å². The van der Waals surface area contributed by atoms with Crippen LogP contribution in [0.15, 0.2) is 10.6 Å². The van der Waals surface area contributed by atoms with Crippen LogP contribution in [0.1, 0.15) is 32.4 Å². The molecule has 2 atom stereocenters. The van der Waals surface area contributed by atoms with Gasteiger partial charge in [-0.05, 0) is 11.1 Å². The maximum Gasteiger partial charge on any atom is 0.326 e. The molecule has 0 aliphatic heterocycles. The van der Waals surface area contributed by atoms with Crippen molar-refractivity contribution < 1.29 is 24.0 Å². The topological polar surface area (TPSA) is 102 Å². The molecule has 0 aliphatic carbocycles. The summed E-state index contributed by atoms with van der Waals surface area (Å²) in [5.74, 6) is -0.597. The van der Waals surface area contributed by atoms with Crippen LogP contribution >= 0.6 is 0 Å². The van der Waals surface area contributed by atoms with Gasteiger partial charge in [0.15, 0.2) is 0 Å². The van der Waals surface area contributed by atoms with E-state index in [1.165, 1.54) is 7.11 Å². The van der Waals surface area contributed by atoms with Gasteiger partial charge in [0.05, 0.1) is 7.11 Å². The number of nitrogens with one attached hydrogen (secondary N) is 1. The summed E-state index contributed by atoms with van der Waals surface area (Å²) in [7, 11) is 1.47. The van der Waals surface area contributed by atoms with Crippen LogP contribution in [0.2, 0.25) is 0 Å². The summed E-state index contributed by atoms with van der Waals surface area (Å²) >= 11 is 0. The highest BCUT2D eigenvalue weighted by molar-refractivity contribution is 5.83. The number of aromatic nitrogens is 1. The van der Waals surface area contributed by atoms with Gasteiger partial charge >= 0.3 is 5.97 Å². The SMILES string of the molecule is CC[C@H](C)[C@@H](NC(=O)CCc1cc(OC)no1)C(=O)O. The summed E-state index contributed by atoms with van der Waals surface area (Å²) in [6.45, 7) is 3.67. The molecular formula is C13H20N2O5. The van der Waals surface area contributed by atoms with Crippen LogP contribution in [-0.2, 0) is 16.0 Å². The highest BCUT2D eigenvalue weighted by Gasteiger charge is 2.25. The fourth-order valence-electron chi connectivity index (χ4n) is 1.67. The number of amides is 1. The Morgan fingerprint density at radius 2 is 2.25 bits per heavy atom. The number of aryl methyl sites for hydroxylation is 1. The molecule has 7 heteroatoms. The first-order valence-electron chi connectivity index (χ1n) is 6.49. The van der Waals surface area contributed by atoms with Crippen LogP contribution in [0.3, 0.4) is 0 Å². The molecule has 1 heterocycles. The van der Waals surface area contributed by atoms with Gasteiger partial charge in [0.25, 0.3) is 5.88 Å². The third-order valence-corrected chi connectivity index (χ3v) is 3.14. The van der Waals surface area contributed by atoms with E-state index in [1.54, 1.807) is 13.0 Å². The Morgan fingerprint density at radius 1 is 1.55 bits per heavy atom. The van der Waals surface area contributed by atoms with Crippen LogP contribution in [0.25, 0.3) is 0 Å². The molecule has 0 bridgehead atoms. The molecule has 0 saturated heterocycles. The van der Waals surface area contributed by atoms with Gasteiger partial charge in [0, 0.05) is 18.9 Å². The van der Waals surface area contributed by atoms with Crippen molar-refractivity contribution in [2.75, 3.05) is 7.11 Å². The molecule has 0 aromatic carbocycles. The van der Waals surface area contributed by atoms with Gasteiger partial charge in [0.2, 0.25) is 5.91 Å². The summed E-state index contributed by atoms with van der Waals surface area (Å²) in [6.07, 6.45) is 1.16. The molecule has 1 rings (SSSR count). The molecule has 0 radical (unpaired) electrons. The number of carbonyl (C=O) groups excluding carboxylic acids is 1. The van der Waals surface area contributed by atoms with Crippen molar-refractivity contribution >= 4 is 11.9 Å². The van der Waals surface area contributed by atoms with Gasteiger partial charge in [-0.2, -0.15) is 0 Å². The zero-order chi connectivity index (χ0) is 15.1. The van der Waals surface area contributed by atoms with Crippen molar-refractivity contribution in [1.82, 2.24) is 10.5 Å². The lowest BCUT2D eigenvalue weighted by molar-refractivity contribution is -0.143. The van der Waals surface area contributed by atoms with E-state index in [9.17, 15) is 9.59 Å². The predicted octanol–water partition coefficient (Wildman–Crippen LogP) is 1.23. The smallest absolute Gasteiger partial charge is 0.326 e. The summed E-state index contributed by atoms with van der Waals surface area (Å²) < 4.78 is 9.82. The number of methoxy groups -OCH3 is 1. The molecule has 0 unspecified atom stereocenters. The van der Waals surface area contributed by atoms with Crippen LogP contribution in [-0.4, -0.2) is 35.3 Å². The van der Waals surface area contributed by atoms with E-state index in [1.807, 2.05) is 6.92 Å². The number of carbonyl (C=O) groups is 2. The Labute approximate surface area is 117 Å². The maximum atomic E-state index is 11.8. The van der Waals surface area contributed by atoms with Crippen molar-refractivity contribution in [3.05, 3.63) is 11.8 Å². The number of nitrogens with zero attached hydrogens (tertiary/aromatic N) is 1. The highest BCUT2D eigenvalue weighted by Crippen LogP contribution is 2.13. The zero-order valence-electron chi connectivity index (χ0n) is 11.9. The van der Waals surface area contributed by atoms with Gasteiger partial charge in [-0.3, -0.25) is 4.79 Å². The van der Waals surface area contributed by atoms with Crippen molar-refractivity contribution in [2.45, 2.75) is 39.2 Å². The lowest BCUT2D eigenvalue weighted by Crippen LogP contribution is -2.45. The summed E-state index contributed by atoms with van der Waals surface area (Å²) in [6, 6.07) is 0.730. The van der Waals surface area contributed by atoms with Crippen molar-refractivity contribution in [3.8, 4) is 5.88 Å². The average molecular weight is 284 g/mol. The van der Waals surface area contributed by atoms with E-state index < -0.39 is 12.0 Å². The first-order valence-corrected chi connectivity index (χ1v) is 6.49. The lowest BCUT2D eigenvalue weighted by atomic mass is 9.99. The van der Waals surface area contributed by atoms with Gasteiger partial charge in [-0.25, -0.2) is 4.79 Å². The molecule has 1 aromatic rings. The van der Waals surface area contributed by atoms with Crippen LogP contribution in [0.5, 0.6) is 5.88 Å². The standard InChI is InChI=1S/C13H20N2O5/c1-4-8(2)12(13(17)18)14-10(16)6-5-9-7-11(19-3)15-20-9/h7-8,12H,4-6H2,1-3H3,(H,14,16)(H,17,18)/t8-,12+/m0/s1. The summed E-state index contributed by atoms with van der Waals surface area (Å²) in [5.41, 5.74) is 0. The Balaban J connectivity index is 2.47. The van der Waals surface area contributed by atoms with Crippen LogP contribution in [0.4, 0.5) is 0 Å². The second-order valence-corrected chi connectivity index (χ2v) is 4.60. The number of hydrogen-bond donors (Lipinski definition) is 2. The molecule has 0 saturated carbocycles. The fourth-order valence-corrected chi connectivity index (χ4v) is 1.67. The molecule has 112 valence electrons. The number of aliphatic carboxylic acids is 1. The minimum absolute atomic E-state index is 0.123. The molecular weight excluding hydrogens is 264 g/mol. The number of carboxylic acids is 1. The Hall–Kier alpha value is -2.05. The normalized spacial score (nSPS) is 13.6. The molecule has 0 spiro atoms. The molecule has 7 nitrogen and oxygen atoms in total. The van der Waals surface area contributed by atoms with E-state index in [0.717, 1.165) is 0 Å². The van der Waals surface area contributed by atoms with Crippen LogP contribution < -0.4 is 10.1 Å².